The van der Waals surface area contributed by atoms with E-state index in [1.165, 1.54) is 11.0 Å². The third-order valence-electron chi connectivity index (χ3n) is 3.13. The molecule has 0 aliphatic heterocycles. The number of hydrogen-bond donors (Lipinski definition) is 1. The first kappa shape index (κ1) is 15.6. The smallest absolute Gasteiger partial charge is 0.339 e. The molecule has 5 heteroatoms. The van der Waals surface area contributed by atoms with Gasteiger partial charge in [-0.1, -0.05) is 42.5 Å². The normalized spacial score (nSPS) is 11.5. The van der Waals surface area contributed by atoms with E-state index in [9.17, 15) is 14.7 Å². The lowest BCUT2D eigenvalue weighted by Crippen LogP contribution is -2.31. The summed E-state index contributed by atoms with van der Waals surface area (Å²) in [4.78, 5) is 25.1. The van der Waals surface area contributed by atoms with Crippen LogP contribution in [0.25, 0.3) is 0 Å². The molecular weight excluding hydrogens is 282 g/mol. The molecule has 114 valence electrons. The molecular formula is C17H17NO4. The minimum atomic E-state index is -1.10. The molecule has 2 aromatic carbocycles. The fraction of sp³-hybridized carbons (Fsp3) is 0.176. The van der Waals surface area contributed by atoms with Gasteiger partial charge in [0.05, 0.1) is 0 Å². The molecule has 5 nitrogen and oxygen atoms in total. The van der Waals surface area contributed by atoms with E-state index in [0.717, 1.165) is 0 Å². The van der Waals surface area contributed by atoms with Crippen LogP contribution in [0.15, 0.2) is 54.6 Å². The average molecular weight is 299 g/mol. The van der Waals surface area contributed by atoms with E-state index in [2.05, 4.69) is 0 Å². The lowest BCUT2D eigenvalue weighted by molar-refractivity contribution is -0.136. The van der Waals surface area contributed by atoms with Crippen molar-refractivity contribution in [3.05, 3.63) is 65.7 Å². The SMILES string of the molecule is CN(C)C(=O)C(Oc1ccccc1C(=O)O)c1ccccc1. The van der Waals surface area contributed by atoms with Crippen LogP contribution in [0.5, 0.6) is 5.75 Å². The number of carbonyl (C=O) groups is 2. The number of hydrogen-bond acceptors (Lipinski definition) is 3. The summed E-state index contributed by atoms with van der Waals surface area (Å²) in [6.45, 7) is 0. The van der Waals surface area contributed by atoms with E-state index >= 15 is 0 Å². The highest BCUT2D eigenvalue weighted by atomic mass is 16.5. The number of rotatable bonds is 5. The zero-order valence-electron chi connectivity index (χ0n) is 12.4. The van der Waals surface area contributed by atoms with Crippen molar-refractivity contribution in [3.8, 4) is 5.75 Å². The molecule has 0 fully saturated rings. The summed E-state index contributed by atoms with van der Waals surface area (Å²) in [6, 6.07) is 15.3. The van der Waals surface area contributed by atoms with Crippen molar-refractivity contribution in [3.63, 3.8) is 0 Å². The van der Waals surface area contributed by atoms with Gasteiger partial charge in [-0.25, -0.2) is 4.79 Å². The number of amides is 1. The number of ether oxygens (including phenoxy) is 1. The van der Waals surface area contributed by atoms with Gasteiger partial charge < -0.3 is 14.7 Å². The molecule has 1 unspecified atom stereocenters. The molecule has 0 heterocycles. The van der Waals surface area contributed by atoms with Crippen LogP contribution in [0.4, 0.5) is 0 Å². The molecule has 0 aliphatic rings. The molecule has 2 rings (SSSR count). The minimum Gasteiger partial charge on any atom is -0.478 e. The highest BCUT2D eigenvalue weighted by Gasteiger charge is 2.25. The number of nitrogens with zero attached hydrogens (tertiary/aromatic N) is 1. The van der Waals surface area contributed by atoms with E-state index in [4.69, 9.17) is 4.74 Å². The zero-order valence-corrected chi connectivity index (χ0v) is 12.4. The second-order valence-corrected chi connectivity index (χ2v) is 4.94. The van der Waals surface area contributed by atoms with Gasteiger partial charge in [0.15, 0.2) is 0 Å². The Morgan fingerprint density at radius 1 is 1.00 bits per heavy atom. The van der Waals surface area contributed by atoms with Crippen molar-refractivity contribution in [1.82, 2.24) is 4.90 Å². The van der Waals surface area contributed by atoms with Gasteiger partial charge in [0, 0.05) is 19.7 Å². The number of carbonyl (C=O) groups excluding carboxylic acids is 1. The molecule has 1 atom stereocenters. The van der Waals surface area contributed by atoms with Gasteiger partial charge in [0.25, 0.3) is 5.91 Å². The monoisotopic (exact) mass is 299 g/mol. The first-order chi connectivity index (χ1) is 10.5. The lowest BCUT2D eigenvalue weighted by Gasteiger charge is -2.22. The average Bonchev–Trinajstić information content (AvgIpc) is 2.53. The Morgan fingerprint density at radius 2 is 1.59 bits per heavy atom. The third-order valence-corrected chi connectivity index (χ3v) is 3.13. The number of carboxylic acids is 1. The number of aromatic carboxylic acids is 1. The minimum absolute atomic E-state index is 0.0231. The highest BCUT2D eigenvalue weighted by molar-refractivity contribution is 5.91. The molecule has 1 N–H and O–H groups in total. The van der Waals surface area contributed by atoms with E-state index in [0.29, 0.717) is 5.56 Å². The van der Waals surface area contributed by atoms with Crippen LogP contribution in [0.2, 0.25) is 0 Å². The summed E-state index contributed by atoms with van der Waals surface area (Å²) in [6.07, 6.45) is -0.892. The summed E-state index contributed by atoms with van der Waals surface area (Å²) in [7, 11) is 3.26. The predicted octanol–water partition coefficient (Wildman–Crippen LogP) is 2.59. The fourth-order valence-corrected chi connectivity index (χ4v) is 2.00. The van der Waals surface area contributed by atoms with E-state index in [1.807, 2.05) is 6.07 Å². The summed E-state index contributed by atoms with van der Waals surface area (Å²) in [5, 5.41) is 9.22. The van der Waals surface area contributed by atoms with Crippen molar-refractivity contribution in [2.75, 3.05) is 14.1 Å². The third kappa shape index (κ3) is 3.44. The summed E-state index contributed by atoms with van der Waals surface area (Å²) in [5.74, 6) is -1.19. The predicted molar refractivity (Wildman–Crippen MR) is 81.9 cm³/mol. The first-order valence-electron chi connectivity index (χ1n) is 6.76. The molecule has 1 amide bonds. The largest absolute Gasteiger partial charge is 0.478 e. The van der Waals surface area contributed by atoms with Gasteiger partial charge in [-0.05, 0) is 12.1 Å². The van der Waals surface area contributed by atoms with Crippen LogP contribution in [0, 0.1) is 0 Å². The van der Waals surface area contributed by atoms with E-state index in [1.54, 1.807) is 56.6 Å². The Kier molecular flexibility index (Phi) is 4.78. The first-order valence-corrected chi connectivity index (χ1v) is 6.76. The van der Waals surface area contributed by atoms with E-state index < -0.39 is 12.1 Å². The van der Waals surface area contributed by atoms with Gasteiger partial charge in [-0.2, -0.15) is 0 Å². The maximum atomic E-state index is 12.4. The van der Waals surface area contributed by atoms with Gasteiger partial charge >= 0.3 is 5.97 Å². The topological polar surface area (TPSA) is 66.8 Å². The number of carboxylic acid groups (broad SMARTS) is 1. The molecule has 2 aromatic rings. The van der Waals surface area contributed by atoms with Gasteiger partial charge in [0.2, 0.25) is 6.10 Å². The fourth-order valence-electron chi connectivity index (χ4n) is 2.00. The molecule has 0 spiro atoms. The molecule has 0 saturated heterocycles. The van der Waals surface area contributed by atoms with Crippen molar-refractivity contribution in [2.24, 2.45) is 0 Å². The van der Waals surface area contributed by atoms with Crippen LogP contribution < -0.4 is 4.74 Å². The maximum Gasteiger partial charge on any atom is 0.339 e. The Labute approximate surface area is 128 Å². The van der Waals surface area contributed by atoms with Crippen LogP contribution in [0.3, 0.4) is 0 Å². The Bertz CT molecular complexity index is 667. The molecule has 0 aromatic heterocycles. The second-order valence-electron chi connectivity index (χ2n) is 4.94. The van der Waals surface area contributed by atoms with Crippen molar-refractivity contribution < 1.29 is 19.4 Å². The maximum absolute atomic E-state index is 12.4. The number of benzene rings is 2. The summed E-state index contributed by atoms with van der Waals surface area (Å²) in [5.41, 5.74) is 0.691. The second kappa shape index (κ2) is 6.76. The van der Waals surface area contributed by atoms with Crippen LogP contribution in [-0.2, 0) is 4.79 Å². The zero-order chi connectivity index (χ0) is 16.1. The summed E-state index contributed by atoms with van der Waals surface area (Å²) >= 11 is 0. The van der Waals surface area contributed by atoms with Crippen LogP contribution >= 0.6 is 0 Å². The number of para-hydroxylation sites is 1. The summed E-state index contributed by atoms with van der Waals surface area (Å²) < 4.78 is 5.74. The van der Waals surface area contributed by atoms with Gasteiger partial charge in [0.1, 0.15) is 11.3 Å². The lowest BCUT2D eigenvalue weighted by atomic mass is 10.1. The molecule has 22 heavy (non-hydrogen) atoms. The quantitative estimate of drug-likeness (QED) is 0.921. The van der Waals surface area contributed by atoms with Crippen molar-refractivity contribution >= 4 is 11.9 Å². The van der Waals surface area contributed by atoms with Crippen LogP contribution in [-0.4, -0.2) is 36.0 Å². The van der Waals surface area contributed by atoms with Crippen LogP contribution in [0.1, 0.15) is 22.0 Å². The molecule has 0 radical (unpaired) electrons. The van der Waals surface area contributed by atoms with Gasteiger partial charge in [-0.3, -0.25) is 4.79 Å². The van der Waals surface area contributed by atoms with Crippen molar-refractivity contribution in [1.29, 1.82) is 0 Å². The van der Waals surface area contributed by atoms with E-state index in [-0.39, 0.29) is 17.2 Å². The molecule has 0 saturated carbocycles. The Hall–Kier alpha value is -2.82. The molecule has 0 bridgehead atoms. The standard InChI is InChI=1S/C17H17NO4/c1-18(2)16(19)15(12-8-4-3-5-9-12)22-14-11-7-6-10-13(14)17(20)21/h3-11,15H,1-2H3,(H,20,21). The molecule has 0 aliphatic carbocycles. The highest BCUT2D eigenvalue weighted by Crippen LogP contribution is 2.26. The Balaban J connectivity index is 2.40. The van der Waals surface area contributed by atoms with Gasteiger partial charge in [-0.15, -0.1) is 0 Å². The number of likely N-dealkylation sites (N-methyl/N-ethyl adjacent to an activating group) is 1. The Morgan fingerprint density at radius 3 is 2.18 bits per heavy atom. The van der Waals surface area contributed by atoms with Crippen molar-refractivity contribution in [2.45, 2.75) is 6.10 Å².